The lowest BCUT2D eigenvalue weighted by atomic mass is 9.95. The molecule has 0 radical (unpaired) electrons. The average molecular weight is 511 g/mol. The summed E-state index contributed by atoms with van der Waals surface area (Å²) in [5.74, 6) is -1.61. The summed E-state index contributed by atoms with van der Waals surface area (Å²) in [6.07, 6.45) is 1.37. The Morgan fingerprint density at radius 3 is 2.11 bits per heavy atom. The number of phenols is 2. The molecule has 2 aromatic rings. The molecule has 4 bridgehead atoms. The fourth-order valence-corrected chi connectivity index (χ4v) is 4.42. The smallest absolute Gasteiger partial charge is 0.243 e. The molecule has 11 nitrogen and oxygen atoms in total. The largest absolute Gasteiger partial charge is 0.508 e. The molecule has 0 spiro atoms. The number of benzene rings is 2. The molecule has 0 saturated heterocycles. The zero-order valence-corrected chi connectivity index (χ0v) is 20.4. The third kappa shape index (κ3) is 6.37. The molecule has 1 aliphatic heterocycles. The molecule has 1 aliphatic carbocycles. The molecule has 4 rings (SSSR count). The highest BCUT2D eigenvalue weighted by Gasteiger charge is 2.37. The number of nitrogens with one attached hydrogen (secondary N) is 3. The van der Waals surface area contributed by atoms with E-state index in [2.05, 4.69) is 16.0 Å². The van der Waals surface area contributed by atoms with Crippen LogP contribution >= 0.6 is 0 Å². The third-order valence-corrected chi connectivity index (χ3v) is 6.82. The van der Waals surface area contributed by atoms with Crippen LogP contribution in [-0.4, -0.2) is 64.7 Å². The summed E-state index contributed by atoms with van der Waals surface area (Å²) in [7, 11) is 0. The first-order valence-electron chi connectivity index (χ1n) is 12.4. The summed E-state index contributed by atoms with van der Waals surface area (Å²) < 4.78 is 0. The summed E-state index contributed by atoms with van der Waals surface area (Å²) >= 11 is 0. The fraction of sp³-hybridized carbons (Fsp3) is 0.423. The van der Waals surface area contributed by atoms with Gasteiger partial charge in [-0.25, -0.2) is 0 Å². The van der Waals surface area contributed by atoms with Crippen LogP contribution in [0.2, 0.25) is 0 Å². The molecule has 5 atom stereocenters. The number of nitrogens with two attached hydrogens (primary N) is 3. The SMILES string of the molecule is NCCC[C@@H]1NC(=O)[C@H](N)Cc2cc(ccc2O)-c2ccc(O)c(c2)C[C@@H](C(=O)NC2CC2N)NC1=O. The number of rotatable bonds is 5. The van der Waals surface area contributed by atoms with Crippen molar-refractivity contribution >= 4 is 17.7 Å². The van der Waals surface area contributed by atoms with E-state index in [0.717, 1.165) is 11.1 Å². The van der Waals surface area contributed by atoms with Crippen LogP contribution in [-0.2, 0) is 27.2 Å². The Hall–Kier alpha value is -3.67. The van der Waals surface area contributed by atoms with E-state index >= 15 is 0 Å². The Kier molecular flexibility index (Phi) is 7.96. The third-order valence-electron chi connectivity index (χ3n) is 6.82. The standard InChI is InChI=1S/C26H34N6O5/c27-7-1-2-19-25(36)32-21(26(37)31-20-12-17(20)28)11-16-9-14(4-6-23(16)34)13-3-5-22(33)15(8-13)10-18(29)24(35)30-19/h3-6,8-9,17-21,33-34H,1-2,7,10-12,27-29H2,(H,30,35)(H,31,37)(H,32,36)/t17?,18-,19+,20?,21+/m1/s1. The molecule has 2 unspecified atom stereocenters. The number of carbonyl (C=O) groups is 3. The van der Waals surface area contributed by atoms with Gasteiger partial charge in [-0.05, 0) is 72.3 Å². The average Bonchev–Trinajstić information content (AvgIpc) is 3.56. The van der Waals surface area contributed by atoms with Crippen molar-refractivity contribution in [2.75, 3.05) is 6.54 Å². The van der Waals surface area contributed by atoms with Gasteiger partial charge in [-0.2, -0.15) is 0 Å². The molecule has 11 N–H and O–H groups in total. The lowest BCUT2D eigenvalue weighted by Crippen LogP contribution is -2.56. The zero-order valence-electron chi connectivity index (χ0n) is 20.4. The summed E-state index contributed by atoms with van der Waals surface area (Å²) in [4.78, 5) is 39.4. The van der Waals surface area contributed by atoms with Crippen LogP contribution < -0.4 is 33.2 Å². The lowest BCUT2D eigenvalue weighted by Gasteiger charge is -2.24. The minimum atomic E-state index is -1.04. The maximum absolute atomic E-state index is 13.3. The molecule has 1 saturated carbocycles. The van der Waals surface area contributed by atoms with Gasteiger partial charge in [0.25, 0.3) is 0 Å². The van der Waals surface area contributed by atoms with E-state index in [1.54, 1.807) is 24.3 Å². The molecule has 1 fully saturated rings. The Balaban J connectivity index is 1.74. The van der Waals surface area contributed by atoms with Crippen molar-refractivity contribution in [3.8, 4) is 22.6 Å². The highest BCUT2D eigenvalue weighted by Crippen LogP contribution is 2.31. The Labute approximate surface area is 214 Å². The van der Waals surface area contributed by atoms with Gasteiger partial charge < -0.3 is 43.4 Å². The number of hydrogen-bond donors (Lipinski definition) is 8. The lowest BCUT2D eigenvalue weighted by molar-refractivity contribution is -0.132. The monoisotopic (exact) mass is 510 g/mol. The van der Waals surface area contributed by atoms with Gasteiger partial charge in [0.15, 0.2) is 0 Å². The maximum Gasteiger partial charge on any atom is 0.243 e. The zero-order chi connectivity index (χ0) is 26.7. The van der Waals surface area contributed by atoms with Crippen LogP contribution in [0.5, 0.6) is 11.5 Å². The van der Waals surface area contributed by atoms with Crippen molar-refractivity contribution in [1.82, 2.24) is 16.0 Å². The van der Waals surface area contributed by atoms with E-state index in [1.807, 2.05) is 0 Å². The summed E-state index contributed by atoms with van der Waals surface area (Å²) in [5.41, 5.74) is 20.0. The molecule has 3 amide bonds. The number of phenolic OH excluding ortho intramolecular Hbond substituents is 2. The van der Waals surface area contributed by atoms with Crippen LogP contribution in [0.3, 0.4) is 0 Å². The predicted octanol–water partition coefficient (Wildman–Crippen LogP) is -0.885. The van der Waals surface area contributed by atoms with E-state index < -0.39 is 35.8 Å². The summed E-state index contributed by atoms with van der Waals surface area (Å²) in [5, 5.41) is 29.2. The molecule has 2 aromatic carbocycles. The second kappa shape index (κ2) is 11.2. The number of amides is 3. The first kappa shape index (κ1) is 26.4. The fourth-order valence-electron chi connectivity index (χ4n) is 4.42. The van der Waals surface area contributed by atoms with Crippen LogP contribution in [0.15, 0.2) is 36.4 Å². The molecule has 1 heterocycles. The van der Waals surface area contributed by atoms with Crippen molar-refractivity contribution in [3.63, 3.8) is 0 Å². The molecule has 0 aromatic heterocycles. The Morgan fingerprint density at radius 2 is 1.54 bits per heavy atom. The van der Waals surface area contributed by atoms with Crippen molar-refractivity contribution < 1.29 is 24.6 Å². The van der Waals surface area contributed by atoms with Gasteiger partial charge in [-0.15, -0.1) is 0 Å². The second-order valence-corrected chi connectivity index (χ2v) is 9.77. The van der Waals surface area contributed by atoms with Gasteiger partial charge in [-0.1, -0.05) is 12.1 Å². The van der Waals surface area contributed by atoms with Crippen molar-refractivity contribution in [3.05, 3.63) is 47.5 Å². The van der Waals surface area contributed by atoms with Crippen molar-refractivity contribution in [2.45, 2.75) is 62.3 Å². The second-order valence-electron chi connectivity index (χ2n) is 9.77. The minimum Gasteiger partial charge on any atom is -0.508 e. The summed E-state index contributed by atoms with van der Waals surface area (Å²) in [6.45, 7) is 0.302. The predicted molar refractivity (Wildman–Crippen MR) is 137 cm³/mol. The quantitative estimate of drug-likeness (QED) is 0.253. The van der Waals surface area contributed by atoms with Crippen LogP contribution in [0.1, 0.15) is 30.4 Å². The van der Waals surface area contributed by atoms with Crippen molar-refractivity contribution in [2.24, 2.45) is 17.2 Å². The van der Waals surface area contributed by atoms with E-state index in [4.69, 9.17) is 17.2 Å². The van der Waals surface area contributed by atoms with Crippen LogP contribution in [0.4, 0.5) is 0 Å². The van der Waals surface area contributed by atoms with Crippen LogP contribution in [0.25, 0.3) is 11.1 Å². The van der Waals surface area contributed by atoms with Gasteiger partial charge in [0.05, 0.1) is 6.04 Å². The topological polar surface area (TPSA) is 206 Å². The number of aromatic hydroxyl groups is 2. The van der Waals surface area contributed by atoms with Crippen LogP contribution in [0, 0.1) is 0 Å². The van der Waals surface area contributed by atoms with Gasteiger partial charge in [0, 0.05) is 24.9 Å². The highest BCUT2D eigenvalue weighted by atomic mass is 16.3. The molecule has 198 valence electrons. The molecular weight excluding hydrogens is 476 g/mol. The molecular formula is C26H34N6O5. The first-order chi connectivity index (χ1) is 17.7. The van der Waals surface area contributed by atoms with Crippen molar-refractivity contribution in [1.29, 1.82) is 0 Å². The number of hydrogen-bond acceptors (Lipinski definition) is 8. The maximum atomic E-state index is 13.3. The van der Waals surface area contributed by atoms with Gasteiger partial charge in [0.1, 0.15) is 23.6 Å². The van der Waals surface area contributed by atoms with Gasteiger partial charge >= 0.3 is 0 Å². The highest BCUT2D eigenvalue weighted by molar-refractivity contribution is 5.93. The van der Waals surface area contributed by atoms with E-state index in [-0.39, 0.29) is 42.8 Å². The molecule has 37 heavy (non-hydrogen) atoms. The Bertz CT molecular complexity index is 1190. The molecule has 11 heteroatoms. The normalized spacial score (nSPS) is 25.8. The molecule has 2 aliphatic rings. The van der Waals surface area contributed by atoms with Gasteiger partial charge in [-0.3, -0.25) is 14.4 Å². The summed E-state index contributed by atoms with van der Waals surface area (Å²) in [6, 6.07) is 6.54. The van der Waals surface area contributed by atoms with Gasteiger partial charge in [0.2, 0.25) is 17.7 Å². The minimum absolute atomic E-state index is 0.00121. The van der Waals surface area contributed by atoms with E-state index in [9.17, 15) is 24.6 Å². The number of carbonyl (C=O) groups excluding carboxylic acids is 3. The first-order valence-corrected chi connectivity index (χ1v) is 12.4. The van der Waals surface area contributed by atoms with E-state index in [1.165, 1.54) is 12.1 Å². The Morgan fingerprint density at radius 1 is 0.946 bits per heavy atom. The number of fused-ring (bicyclic) bond motifs is 5. The van der Waals surface area contributed by atoms with E-state index in [0.29, 0.717) is 30.5 Å².